The molecule has 0 aromatic carbocycles. The maximum absolute atomic E-state index is 11.8. The van der Waals surface area contributed by atoms with E-state index in [1.54, 1.807) is 30.2 Å². The number of urea groups is 1. The van der Waals surface area contributed by atoms with Gasteiger partial charge in [0.25, 0.3) is 0 Å². The summed E-state index contributed by atoms with van der Waals surface area (Å²) in [6.45, 7) is 2.72. The zero-order valence-corrected chi connectivity index (χ0v) is 14.0. The molecule has 2 N–H and O–H groups in total. The van der Waals surface area contributed by atoms with Crippen LogP contribution in [0.25, 0.3) is 0 Å². The molecular weight excluding hydrogens is 344 g/mol. The van der Waals surface area contributed by atoms with Crippen LogP contribution in [0.1, 0.15) is 25.3 Å². The quantitative estimate of drug-likeness (QED) is 0.732. The summed E-state index contributed by atoms with van der Waals surface area (Å²) >= 11 is 4.98. The average Bonchev–Trinajstić information content (AvgIpc) is 2.79. The number of carboxylic acids is 1. The van der Waals surface area contributed by atoms with Gasteiger partial charge in [0.1, 0.15) is 0 Å². The van der Waals surface area contributed by atoms with E-state index < -0.39 is 5.97 Å². The molecule has 1 atom stereocenters. The van der Waals surface area contributed by atoms with Crippen LogP contribution >= 0.6 is 27.3 Å². The van der Waals surface area contributed by atoms with Crippen molar-refractivity contribution < 1.29 is 14.7 Å². The number of carboxylic acid groups (broad SMARTS) is 1. The van der Waals surface area contributed by atoms with Gasteiger partial charge in [-0.3, -0.25) is 4.79 Å². The highest BCUT2D eigenvalue weighted by Crippen LogP contribution is 2.21. The van der Waals surface area contributed by atoms with Gasteiger partial charge in [0.15, 0.2) is 0 Å². The number of hydrogen-bond acceptors (Lipinski definition) is 3. The number of amides is 2. The van der Waals surface area contributed by atoms with Crippen molar-refractivity contribution in [2.75, 3.05) is 13.6 Å². The van der Waals surface area contributed by atoms with Gasteiger partial charge in [0.05, 0.1) is 9.70 Å². The van der Waals surface area contributed by atoms with Gasteiger partial charge in [0, 0.05) is 20.1 Å². The number of nitrogens with zero attached hydrogens (tertiary/aromatic N) is 1. The number of aliphatic carboxylic acids is 1. The number of carbonyl (C=O) groups excluding carboxylic acids is 1. The highest BCUT2D eigenvalue weighted by Gasteiger charge is 2.12. The Balaban J connectivity index is 2.23. The SMILES string of the molecule is CC(CCCNC(=O)N(C)Cc1csc(Br)c1)C(=O)O. The fraction of sp³-hybridized carbons (Fsp3) is 0.538. The second-order valence-corrected chi connectivity index (χ2v) is 7.02. The minimum absolute atomic E-state index is 0.143. The van der Waals surface area contributed by atoms with Crippen LogP contribution in [-0.2, 0) is 11.3 Å². The lowest BCUT2D eigenvalue weighted by molar-refractivity contribution is -0.141. The lowest BCUT2D eigenvalue weighted by Gasteiger charge is -2.17. The largest absolute Gasteiger partial charge is 0.481 e. The number of hydrogen-bond donors (Lipinski definition) is 2. The zero-order valence-electron chi connectivity index (χ0n) is 11.6. The second kappa shape index (κ2) is 8.26. The Labute approximate surface area is 131 Å². The molecule has 2 amide bonds. The summed E-state index contributed by atoms with van der Waals surface area (Å²) in [5.41, 5.74) is 1.08. The van der Waals surface area contributed by atoms with Crippen LogP contribution in [0.2, 0.25) is 0 Å². The Morgan fingerprint density at radius 3 is 2.80 bits per heavy atom. The first kappa shape index (κ1) is 17.0. The summed E-state index contributed by atoms with van der Waals surface area (Å²) in [5.74, 6) is -1.16. The van der Waals surface area contributed by atoms with E-state index in [0.29, 0.717) is 25.9 Å². The maximum atomic E-state index is 11.8. The maximum Gasteiger partial charge on any atom is 0.317 e. The highest BCUT2D eigenvalue weighted by atomic mass is 79.9. The van der Waals surface area contributed by atoms with E-state index in [1.807, 2.05) is 11.4 Å². The number of halogens is 1. The molecule has 0 spiro atoms. The van der Waals surface area contributed by atoms with Crippen LogP contribution in [0, 0.1) is 5.92 Å². The zero-order chi connectivity index (χ0) is 15.1. The van der Waals surface area contributed by atoms with E-state index in [1.165, 1.54) is 0 Å². The van der Waals surface area contributed by atoms with Crippen LogP contribution in [0.15, 0.2) is 15.2 Å². The van der Waals surface area contributed by atoms with Crippen molar-refractivity contribution in [3.63, 3.8) is 0 Å². The standard InChI is InChI=1S/C13H19BrN2O3S/c1-9(12(17)18)4-3-5-15-13(19)16(2)7-10-6-11(14)20-8-10/h6,8-9H,3-5,7H2,1-2H3,(H,15,19)(H,17,18). The summed E-state index contributed by atoms with van der Waals surface area (Å²) in [6.07, 6.45) is 1.23. The Kier molecular flexibility index (Phi) is 7.01. The average molecular weight is 363 g/mol. The molecule has 112 valence electrons. The first-order chi connectivity index (χ1) is 9.40. The molecule has 0 aliphatic rings. The van der Waals surface area contributed by atoms with E-state index in [0.717, 1.165) is 9.35 Å². The fourth-order valence-corrected chi connectivity index (χ4v) is 2.84. The van der Waals surface area contributed by atoms with Gasteiger partial charge in [-0.25, -0.2) is 4.79 Å². The first-order valence-corrected chi connectivity index (χ1v) is 8.02. The van der Waals surface area contributed by atoms with Crippen molar-refractivity contribution in [2.45, 2.75) is 26.3 Å². The first-order valence-electron chi connectivity index (χ1n) is 6.35. The van der Waals surface area contributed by atoms with Crippen LogP contribution < -0.4 is 5.32 Å². The molecule has 1 unspecified atom stereocenters. The molecule has 0 saturated heterocycles. The van der Waals surface area contributed by atoms with Crippen LogP contribution in [0.3, 0.4) is 0 Å². The van der Waals surface area contributed by atoms with Crippen molar-refractivity contribution in [2.24, 2.45) is 5.92 Å². The molecule has 0 aliphatic carbocycles. The number of nitrogens with one attached hydrogen (secondary N) is 1. The van der Waals surface area contributed by atoms with Gasteiger partial charge in [-0.2, -0.15) is 0 Å². The van der Waals surface area contributed by atoms with Crippen molar-refractivity contribution in [1.82, 2.24) is 10.2 Å². The van der Waals surface area contributed by atoms with E-state index in [9.17, 15) is 9.59 Å². The van der Waals surface area contributed by atoms with Crippen LogP contribution in [-0.4, -0.2) is 35.6 Å². The van der Waals surface area contributed by atoms with Gasteiger partial charge in [-0.05, 0) is 45.8 Å². The van der Waals surface area contributed by atoms with Crippen LogP contribution in [0.4, 0.5) is 4.79 Å². The van der Waals surface area contributed by atoms with E-state index in [2.05, 4.69) is 21.2 Å². The lowest BCUT2D eigenvalue weighted by Crippen LogP contribution is -2.37. The topological polar surface area (TPSA) is 69.6 Å². The Morgan fingerprint density at radius 1 is 1.55 bits per heavy atom. The molecule has 7 heteroatoms. The van der Waals surface area contributed by atoms with Gasteiger partial charge in [-0.1, -0.05) is 6.92 Å². The van der Waals surface area contributed by atoms with Crippen molar-refractivity contribution in [3.8, 4) is 0 Å². The number of carbonyl (C=O) groups is 2. The Bertz CT molecular complexity index is 464. The third-order valence-corrected chi connectivity index (χ3v) is 4.45. The molecule has 0 bridgehead atoms. The molecule has 0 aliphatic heterocycles. The number of thiophene rings is 1. The molecule has 1 rings (SSSR count). The number of rotatable bonds is 7. The molecule has 20 heavy (non-hydrogen) atoms. The molecule has 1 aromatic rings. The summed E-state index contributed by atoms with van der Waals surface area (Å²) in [6, 6.07) is 1.85. The van der Waals surface area contributed by atoms with Crippen molar-refractivity contribution in [3.05, 3.63) is 20.8 Å². The molecule has 0 radical (unpaired) electrons. The predicted molar refractivity (Wildman–Crippen MR) is 82.9 cm³/mol. The summed E-state index contributed by atoms with van der Waals surface area (Å²) < 4.78 is 1.05. The Morgan fingerprint density at radius 2 is 2.25 bits per heavy atom. The summed E-state index contributed by atoms with van der Waals surface area (Å²) in [4.78, 5) is 24.1. The smallest absolute Gasteiger partial charge is 0.317 e. The molecule has 1 heterocycles. The monoisotopic (exact) mass is 362 g/mol. The molecule has 5 nitrogen and oxygen atoms in total. The molecular formula is C13H19BrN2O3S. The molecule has 0 saturated carbocycles. The summed E-state index contributed by atoms with van der Waals surface area (Å²) in [5, 5.41) is 13.5. The highest BCUT2D eigenvalue weighted by molar-refractivity contribution is 9.11. The minimum Gasteiger partial charge on any atom is -0.481 e. The van der Waals surface area contributed by atoms with Gasteiger partial charge >= 0.3 is 12.0 Å². The van der Waals surface area contributed by atoms with E-state index in [-0.39, 0.29) is 11.9 Å². The van der Waals surface area contributed by atoms with E-state index in [4.69, 9.17) is 5.11 Å². The van der Waals surface area contributed by atoms with Crippen molar-refractivity contribution >= 4 is 39.3 Å². The normalized spacial score (nSPS) is 11.9. The third-order valence-electron chi connectivity index (χ3n) is 2.90. The van der Waals surface area contributed by atoms with E-state index >= 15 is 0 Å². The predicted octanol–water partition coefficient (Wildman–Crippen LogP) is 3.15. The Hall–Kier alpha value is -1.08. The van der Waals surface area contributed by atoms with Gasteiger partial charge in [-0.15, -0.1) is 11.3 Å². The van der Waals surface area contributed by atoms with Gasteiger partial charge in [0.2, 0.25) is 0 Å². The van der Waals surface area contributed by atoms with Crippen molar-refractivity contribution in [1.29, 1.82) is 0 Å². The minimum atomic E-state index is -0.795. The summed E-state index contributed by atoms with van der Waals surface area (Å²) in [7, 11) is 1.74. The fourth-order valence-electron chi connectivity index (χ4n) is 1.64. The molecule has 1 aromatic heterocycles. The van der Waals surface area contributed by atoms with Gasteiger partial charge < -0.3 is 15.3 Å². The second-order valence-electron chi connectivity index (χ2n) is 4.73. The van der Waals surface area contributed by atoms with Crippen LogP contribution in [0.5, 0.6) is 0 Å². The molecule has 0 fully saturated rings. The lowest BCUT2D eigenvalue weighted by atomic mass is 10.1. The third kappa shape index (κ3) is 5.92.